The van der Waals surface area contributed by atoms with Gasteiger partial charge in [0.2, 0.25) is 5.88 Å². The van der Waals surface area contributed by atoms with Crippen LogP contribution in [0.3, 0.4) is 0 Å². The van der Waals surface area contributed by atoms with Crippen LogP contribution in [0.5, 0.6) is 5.88 Å². The molecule has 23 heavy (non-hydrogen) atoms. The monoisotopic (exact) mass is 317 g/mol. The van der Waals surface area contributed by atoms with E-state index >= 15 is 0 Å². The highest BCUT2D eigenvalue weighted by Crippen LogP contribution is 2.21. The van der Waals surface area contributed by atoms with E-state index in [9.17, 15) is 4.79 Å². The number of nitrogens with zero attached hydrogens (tertiary/aromatic N) is 2. The number of pyridine rings is 1. The highest BCUT2D eigenvalue weighted by atomic mass is 16.5. The summed E-state index contributed by atoms with van der Waals surface area (Å²) in [6.07, 6.45) is 3.25. The molecule has 1 atom stereocenters. The fourth-order valence-electron chi connectivity index (χ4n) is 2.57. The van der Waals surface area contributed by atoms with E-state index in [0.29, 0.717) is 18.0 Å². The zero-order valence-electron chi connectivity index (χ0n) is 13.8. The minimum atomic E-state index is -0.210. The van der Waals surface area contributed by atoms with Crippen molar-refractivity contribution in [2.75, 3.05) is 26.7 Å². The molecule has 0 aliphatic carbocycles. The van der Waals surface area contributed by atoms with Crippen LogP contribution >= 0.6 is 0 Å². The number of likely N-dealkylation sites (N-methyl/N-ethyl adjacent to an activating group) is 1. The molecular weight excluding hydrogens is 294 g/mol. The van der Waals surface area contributed by atoms with Gasteiger partial charge in [0.25, 0.3) is 5.91 Å². The Kier molecular flexibility index (Phi) is 6.17. The van der Waals surface area contributed by atoms with Gasteiger partial charge >= 0.3 is 0 Å². The van der Waals surface area contributed by atoms with E-state index in [0.717, 1.165) is 18.8 Å². The Morgan fingerprint density at radius 1 is 1.35 bits per heavy atom. The van der Waals surface area contributed by atoms with Crippen molar-refractivity contribution >= 4 is 5.91 Å². The largest absolute Gasteiger partial charge is 0.480 e. The first-order chi connectivity index (χ1) is 11.2. The van der Waals surface area contributed by atoms with Gasteiger partial charge in [-0.1, -0.05) is 13.8 Å². The van der Waals surface area contributed by atoms with Gasteiger partial charge < -0.3 is 14.5 Å². The average molecular weight is 317 g/mol. The zero-order valence-corrected chi connectivity index (χ0v) is 13.8. The van der Waals surface area contributed by atoms with E-state index in [1.54, 1.807) is 24.6 Å². The molecule has 2 aromatic heterocycles. The maximum Gasteiger partial charge on any atom is 0.256 e. The van der Waals surface area contributed by atoms with Crippen molar-refractivity contribution in [3.63, 3.8) is 0 Å². The number of carbonyl (C=O) groups excluding carboxylic acids is 1. The van der Waals surface area contributed by atoms with Crippen molar-refractivity contribution < 1.29 is 13.9 Å². The molecular formula is C17H23N3O3. The summed E-state index contributed by atoms with van der Waals surface area (Å²) < 4.78 is 10.7. The summed E-state index contributed by atoms with van der Waals surface area (Å²) in [6.45, 7) is 6.37. The number of amides is 1. The fourth-order valence-corrected chi connectivity index (χ4v) is 2.57. The molecule has 6 heteroatoms. The number of methoxy groups -OCH3 is 1. The number of furan rings is 1. The summed E-state index contributed by atoms with van der Waals surface area (Å²) in [5.74, 6) is 0.952. The molecule has 0 radical (unpaired) electrons. The highest BCUT2D eigenvalue weighted by Gasteiger charge is 2.22. The lowest BCUT2D eigenvalue weighted by Crippen LogP contribution is -2.38. The predicted molar refractivity (Wildman–Crippen MR) is 87.5 cm³/mol. The van der Waals surface area contributed by atoms with Crippen LogP contribution in [-0.2, 0) is 0 Å². The summed E-state index contributed by atoms with van der Waals surface area (Å²) in [4.78, 5) is 18.7. The van der Waals surface area contributed by atoms with Crippen LogP contribution in [-0.4, -0.2) is 42.5 Å². The molecule has 0 saturated heterocycles. The molecule has 0 aromatic carbocycles. The molecule has 1 unspecified atom stereocenters. The Balaban J connectivity index is 2.10. The van der Waals surface area contributed by atoms with Gasteiger partial charge in [0.15, 0.2) is 0 Å². The lowest BCUT2D eigenvalue weighted by molar-refractivity contribution is 0.0926. The minimum absolute atomic E-state index is 0.00776. The Bertz CT molecular complexity index is 609. The van der Waals surface area contributed by atoms with Crippen molar-refractivity contribution in [2.45, 2.75) is 19.9 Å². The van der Waals surface area contributed by atoms with Gasteiger partial charge in [0, 0.05) is 12.7 Å². The average Bonchev–Trinajstić information content (AvgIpc) is 3.12. The van der Waals surface area contributed by atoms with E-state index in [4.69, 9.17) is 9.15 Å². The Morgan fingerprint density at radius 3 is 2.74 bits per heavy atom. The van der Waals surface area contributed by atoms with Crippen molar-refractivity contribution in [3.05, 3.63) is 48.0 Å². The number of hydrogen-bond donors (Lipinski definition) is 1. The molecule has 0 saturated carbocycles. The zero-order chi connectivity index (χ0) is 16.7. The van der Waals surface area contributed by atoms with Gasteiger partial charge in [0.05, 0.1) is 19.4 Å². The van der Waals surface area contributed by atoms with Crippen LogP contribution in [0, 0.1) is 0 Å². The van der Waals surface area contributed by atoms with E-state index < -0.39 is 0 Å². The van der Waals surface area contributed by atoms with E-state index in [1.807, 2.05) is 12.1 Å². The molecule has 1 N–H and O–H groups in total. The van der Waals surface area contributed by atoms with Crippen molar-refractivity contribution in [2.24, 2.45) is 0 Å². The van der Waals surface area contributed by atoms with Gasteiger partial charge in [-0.2, -0.15) is 0 Å². The summed E-state index contributed by atoms with van der Waals surface area (Å²) in [6, 6.07) is 7.19. The van der Waals surface area contributed by atoms with Crippen LogP contribution in [0.4, 0.5) is 0 Å². The van der Waals surface area contributed by atoms with Crippen LogP contribution in [0.1, 0.15) is 36.0 Å². The molecule has 6 nitrogen and oxygen atoms in total. The van der Waals surface area contributed by atoms with Gasteiger partial charge in [-0.3, -0.25) is 9.69 Å². The SMILES string of the molecule is CCN(CC)C(CNC(=O)c1cccnc1OC)c1ccco1. The second-order valence-electron chi connectivity index (χ2n) is 5.02. The van der Waals surface area contributed by atoms with E-state index in [2.05, 4.69) is 29.0 Å². The second kappa shape index (κ2) is 8.33. The standard InChI is InChI=1S/C17H23N3O3/c1-4-20(5-2)14(15-9-7-11-23-15)12-19-16(21)13-8-6-10-18-17(13)22-3/h6-11,14H,4-5,12H2,1-3H3,(H,19,21). The van der Waals surface area contributed by atoms with Crippen molar-refractivity contribution in [1.82, 2.24) is 15.2 Å². The number of aromatic nitrogens is 1. The molecule has 0 aliphatic heterocycles. The molecule has 2 aromatic rings. The lowest BCUT2D eigenvalue weighted by atomic mass is 10.1. The number of ether oxygens (including phenoxy) is 1. The van der Waals surface area contributed by atoms with E-state index in [-0.39, 0.29) is 11.9 Å². The van der Waals surface area contributed by atoms with Gasteiger partial charge in [0.1, 0.15) is 11.3 Å². The maximum absolute atomic E-state index is 12.4. The summed E-state index contributed by atoms with van der Waals surface area (Å²) in [5.41, 5.74) is 0.424. The first-order valence-corrected chi connectivity index (χ1v) is 7.75. The quantitative estimate of drug-likeness (QED) is 0.810. The minimum Gasteiger partial charge on any atom is -0.480 e. The third-order valence-corrected chi connectivity index (χ3v) is 3.79. The topological polar surface area (TPSA) is 67.6 Å². The number of carbonyl (C=O) groups is 1. The molecule has 1 amide bonds. The fraction of sp³-hybridized carbons (Fsp3) is 0.412. The van der Waals surface area contributed by atoms with Gasteiger partial charge in [-0.25, -0.2) is 4.98 Å². The van der Waals surface area contributed by atoms with E-state index in [1.165, 1.54) is 7.11 Å². The second-order valence-corrected chi connectivity index (χ2v) is 5.02. The smallest absolute Gasteiger partial charge is 0.256 e. The number of hydrogen-bond acceptors (Lipinski definition) is 5. The number of rotatable bonds is 8. The molecule has 0 fully saturated rings. The Morgan fingerprint density at radius 2 is 2.13 bits per heavy atom. The van der Waals surface area contributed by atoms with Gasteiger partial charge in [-0.05, 0) is 37.4 Å². The van der Waals surface area contributed by atoms with Gasteiger partial charge in [-0.15, -0.1) is 0 Å². The van der Waals surface area contributed by atoms with Crippen LogP contribution in [0.2, 0.25) is 0 Å². The van der Waals surface area contributed by atoms with Crippen LogP contribution in [0.15, 0.2) is 41.1 Å². The third kappa shape index (κ3) is 4.10. The first kappa shape index (κ1) is 17.0. The predicted octanol–water partition coefficient (Wildman–Crippen LogP) is 2.50. The molecule has 0 bridgehead atoms. The highest BCUT2D eigenvalue weighted by molar-refractivity contribution is 5.96. The Labute approximate surface area is 136 Å². The normalized spacial score (nSPS) is 12.2. The first-order valence-electron chi connectivity index (χ1n) is 7.75. The molecule has 0 aliphatic rings. The molecule has 2 rings (SSSR count). The third-order valence-electron chi connectivity index (χ3n) is 3.79. The summed E-state index contributed by atoms with van der Waals surface area (Å²) in [5, 5.41) is 2.95. The van der Waals surface area contributed by atoms with Crippen molar-refractivity contribution in [3.8, 4) is 5.88 Å². The Hall–Kier alpha value is -2.34. The van der Waals surface area contributed by atoms with Crippen molar-refractivity contribution in [1.29, 1.82) is 0 Å². The van der Waals surface area contributed by atoms with Crippen LogP contribution in [0.25, 0.3) is 0 Å². The lowest BCUT2D eigenvalue weighted by Gasteiger charge is -2.28. The maximum atomic E-state index is 12.4. The summed E-state index contributed by atoms with van der Waals surface area (Å²) >= 11 is 0. The van der Waals surface area contributed by atoms with Crippen LogP contribution < -0.4 is 10.1 Å². The molecule has 0 spiro atoms. The molecule has 124 valence electrons. The number of nitrogens with one attached hydrogen (secondary N) is 1. The molecule has 2 heterocycles. The summed E-state index contributed by atoms with van der Waals surface area (Å²) in [7, 11) is 1.50.